The molecule has 0 spiro atoms. The van der Waals surface area contributed by atoms with Crippen molar-refractivity contribution < 1.29 is 9.84 Å². The van der Waals surface area contributed by atoms with Crippen LogP contribution in [-0.4, -0.2) is 21.4 Å². The molecule has 1 aromatic heterocycles. The van der Waals surface area contributed by atoms with Gasteiger partial charge < -0.3 is 15.2 Å². The predicted molar refractivity (Wildman–Crippen MR) is 97.6 cm³/mol. The van der Waals surface area contributed by atoms with E-state index in [0.717, 1.165) is 22.6 Å². The SMILES string of the molecule is Cc1nn(C)c(Oc2ccccc2)c1CNCC(O)c1ccccc1. The van der Waals surface area contributed by atoms with Crippen molar-refractivity contribution in [3.63, 3.8) is 0 Å². The normalized spacial score (nSPS) is 12.1. The Hall–Kier alpha value is -2.63. The zero-order valence-corrected chi connectivity index (χ0v) is 14.5. The summed E-state index contributed by atoms with van der Waals surface area (Å²) >= 11 is 0. The van der Waals surface area contributed by atoms with Crippen LogP contribution in [-0.2, 0) is 13.6 Å². The number of ether oxygens (including phenoxy) is 1. The maximum absolute atomic E-state index is 10.3. The summed E-state index contributed by atoms with van der Waals surface area (Å²) in [6, 6.07) is 19.3. The Labute approximate surface area is 147 Å². The van der Waals surface area contributed by atoms with Crippen LogP contribution in [0.15, 0.2) is 60.7 Å². The molecule has 0 saturated heterocycles. The van der Waals surface area contributed by atoms with E-state index in [2.05, 4.69) is 10.4 Å². The molecule has 0 fully saturated rings. The number of aliphatic hydroxyl groups is 1. The second kappa shape index (κ2) is 7.96. The fraction of sp³-hybridized carbons (Fsp3) is 0.250. The summed E-state index contributed by atoms with van der Waals surface area (Å²) in [6.45, 7) is 3.00. The Balaban J connectivity index is 1.66. The molecule has 1 unspecified atom stereocenters. The number of nitrogens with zero attached hydrogens (tertiary/aromatic N) is 2. The first-order valence-electron chi connectivity index (χ1n) is 8.34. The molecule has 5 heteroatoms. The van der Waals surface area contributed by atoms with Gasteiger partial charge in [0.1, 0.15) is 5.75 Å². The number of aromatic nitrogens is 2. The van der Waals surface area contributed by atoms with Crippen molar-refractivity contribution in [3.05, 3.63) is 77.5 Å². The van der Waals surface area contributed by atoms with Crippen molar-refractivity contribution in [3.8, 4) is 11.6 Å². The summed E-state index contributed by atoms with van der Waals surface area (Å²) in [5, 5.41) is 18.0. The first-order chi connectivity index (χ1) is 12.1. The fourth-order valence-corrected chi connectivity index (χ4v) is 2.74. The van der Waals surface area contributed by atoms with Crippen molar-refractivity contribution in [2.24, 2.45) is 7.05 Å². The second-order valence-electron chi connectivity index (χ2n) is 5.97. The Morgan fingerprint density at radius 3 is 2.40 bits per heavy atom. The van der Waals surface area contributed by atoms with E-state index in [-0.39, 0.29) is 0 Å². The van der Waals surface area contributed by atoms with E-state index in [1.165, 1.54) is 0 Å². The van der Waals surface area contributed by atoms with Gasteiger partial charge >= 0.3 is 0 Å². The summed E-state index contributed by atoms with van der Waals surface area (Å²) in [7, 11) is 1.87. The van der Waals surface area contributed by atoms with Crippen LogP contribution in [0.5, 0.6) is 11.6 Å². The Bertz CT molecular complexity index is 801. The van der Waals surface area contributed by atoms with Crippen LogP contribution in [0.1, 0.15) is 22.9 Å². The van der Waals surface area contributed by atoms with Crippen LogP contribution in [0.2, 0.25) is 0 Å². The molecule has 3 rings (SSSR count). The quantitative estimate of drug-likeness (QED) is 0.694. The van der Waals surface area contributed by atoms with Gasteiger partial charge in [-0.25, -0.2) is 4.68 Å². The van der Waals surface area contributed by atoms with Gasteiger partial charge in [0.25, 0.3) is 0 Å². The molecule has 0 amide bonds. The molecule has 25 heavy (non-hydrogen) atoms. The summed E-state index contributed by atoms with van der Waals surface area (Å²) in [4.78, 5) is 0. The highest BCUT2D eigenvalue weighted by Crippen LogP contribution is 2.27. The highest BCUT2D eigenvalue weighted by molar-refractivity contribution is 5.35. The zero-order valence-electron chi connectivity index (χ0n) is 14.5. The third-order valence-electron chi connectivity index (χ3n) is 4.07. The Morgan fingerprint density at radius 2 is 1.72 bits per heavy atom. The van der Waals surface area contributed by atoms with E-state index < -0.39 is 6.10 Å². The third kappa shape index (κ3) is 4.26. The van der Waals surface area contributed by atoms with E-state index in [1.807, 2.05) is 74.6 Å². The van der Waals surface area contributed by atoms with Gasteiger partial charge in [-0.2, -0.15) is 5.10 Å². The maximum atomic E-state index is 10.3. The lowest BCUT2D eigenvalue weighted by Crippen LogP contribution is -2.21. The van der Waals surface area contributed by atoms with Crippen LogP contribution >= 0.6 is 0 Å². The van der Waals surface area contributed by atoms with E-state index >= 15 is 0 Å². The van der Waals surface area contributed by atoms with Crippen molar-refractivity contribution in [2.75, 3.05) is 6.54 Å². The lowest BCUT2D eigenvalue weighted by atomic mass is 10.1. The number of aliphatic hydroxyl groups excluding tert-OH is 1. The minimum Gasteiger partial charge on any atom is -0.439 e. The molecule has 3 aromatic rings. The van der Waals surface area contributed by atoms with Crippen molar-refractivity contribution in [1.29, 1.82) is 0 Å². The van der Waals surface area contributed by atoms with Crippen LogP contribution in [0.25, 0.3) is 0 Å². The molecule has 0 radical (unpaired) electrons. The average molecular weight is 337 g/mol. The molecule has 0 saturated carbocycles. The van der Waals surface area contributed by atoms with Gasteiger partial charge in [-0.3, -0.25) is 0 Å². The van der Waals surface area contributed by atoms with Gasteiger partial charge in [0.15, 0.2) is 0 Å². The molecule has 0 aliphatic rings. The molecule has 5 nitrogen and oxygen atoms in total. The number of rotatable bonds is 7. The summed E-state index contributed by atoms with van der Waals surface area (Å²) in [5.74, 6) is 1.49. The average Bonchev–Trinajstić information content (AvgIpc) is 2.90. The highest BCUT2D eigenvalue weighted by Gasteiger charge is 2.16. The highest BCUT2D eigenvalue weighted by atomic mass is 16.5. The molecule has 2 N–H and O–H groups in total. The molecular weight excluding hydrogens is 314 g/mol. The molecule has 0 aliphatic carbocycles. The van der Waals surface area contributed by atoms with Gasteiger partial charge in [-0.15, -0.1) is 0 Å². The molecule has 1 atom stereocenters. The zero-order chi connectivity index (χ0) is 17.6. The molecule has 0 bridgehead atoms. The number of aryl methyl sites for hydroxylation is 2. The molecule has 2 aromatic carbocycles. The van der Waals surface area contributed by atoms with Gasteiger partial charge in [0.2, 0.25) is 5.88 Å². The van der Waals surface area contributed by atoms with Gasteiger partial charge in [0.05, 0.1) is 17.4 Å². The Kier molecular flexibility index (Phi) is 5.48. The molecule has 130 valence electrons. The number of para-hydroxylation sites is 1. The minimum absolute atomic E-state index is 0.461. The van der Waals surface area contributed by atoms with E-state index in [4.69, 9.17) is 4.74 Å². The van der Waals surface area contributed by atoms with Crippen molar-refractivity contribution >= 4 is 0 Å². The van der Waals surface area contributed by atoms with Crippen molar-refractivity contribution in [1.82, 2.24) is 15.1 Å². The van der Waals surface area contributed by atoms with Crippen molar-refractivity contribution in [2.45, 2.75) is 19.6 Å². The van der Waals surface area contributed by atoms with Gasteiger partial charge in [-0.05, 0) is 24.6 Å². The fourth-order valence-electron chi connectivity index (χ4n) is 2.74. The largest absolute Gasteiger partial charge is 0.439 e. The van der Waals surface area contributed by atoms with E-state index in [1.54, 1.807) is 4.68 Å². The predicted octanol–water partition coefficient (Wildman–Crippen LogP) is 3.34. The summed E-state index contributed by atoms with van der Waals surface area (Å²) < 4.78 is 7.74. The first-order valence-corrected chi connectivity index (χ1v) is 8.34. The van der Waals surface area contributed by atoms with Crippen LogP contribution in [0.4, 0.5) is 0 Å². The van der Waals surface area contributed by atoms with Gasteiger partial charge in [0, 0.05) is 20.1 Å². The molecule has 1 heterocycles. The summed E-state index contributed by atoms with van der Waals surface area (Å²) in [5.41, 5.74) is 2.81. The first kappa shape index (κ1) is 17.2. The number of nitrogens with one attached hydrogen (secondary N) is 1. The lowest BCUT2D eigenvalue weighted by Gasteiger charge is -2.13. The topological polar surface area (TPSA) is 59.3 Å². The van der Waals surface area contributed by atoms with Gasteiger partial charge in [-0.1, -0.05) is 48.5 Å². The lowest BCUT2D eigenvalue weighted by molar-refractivity contribution is 0.174. The minimum atomic E-state index is -0.545. The van der Waals surface area contributed by atoms with Crippen LogP contribution in [0.3, 0.4) is 0 Å². The summed E-state index contributed by atoms with van der Waals surface area (Å²) in [6.07, 6.45) is -0.545. The standard InChI is InChI=1S/C20H23N3O2/c1-15-18(13-21-14-19(24)16-9-5-3-6-10-16)20(23(2)22-15)25-17-11-7-4-8-12-17/h3-12,19,21,24H,13-14H2,1-2H3. The smallest absolute Gasteiger partial charge is 0.222 e. The van der Waals surface area contributed by atoms with Crippen LogP contribution < -0.4 is 10.1 Å². The van der Waals surface area contributed by atoms with Crippen LogP contribution in [0, 0.1) is 6.92 Å². The number of benzene rings is 2. The maximum Gasteiger partial charge on any atom is 0.222 e. The van der Waals surface area contributed by atoms with E-state index in [9.17, 15) is 5.11 Å². The monoisotopic (exact) mass is 337 g/mol. The third-order valence-corrected chi connectivity index (χ3v) is 4.07. The Morgan fingerprint density at radius 1 is 1.08 bits per heavy atom. The van der Waals surface area contributed by atoms with E-state index in [0.29, 0.717) is 19.0 Å². The second-order valence-corrected chi connectivity index (χ2v) is 5.97. The molecule has 0 aliphatic heterocycles. The molecular formula is C20H23N3O2. The number of hydrogen-bond acceptors (Lipinski definition) is 4. The number of hydrogen-bond donors (Lipinski definition) is 2.